The highest BCUT2D eigenvalue weighted by Gasteiger charge is 1.99. The van der Waals surface area contributed by atoms with Crippen molar-refractivity contribution < 1.29 is 0 Å². The first kappa shape index (κ1) is 14.8. The zero-order valence-corrected chi connectivity index (χ0v) is 11.3. The lowest BCUT2D eigenvalue weighted by atomic mass is 10.1. The van der Waals surface area contributed by atoms with Crippen LogP contribution < -0.4 is 0 Å². The molecule has 0 spiro atoms. The van der Waals surface area contributed by atoms with Crippen molar-refractivity contribution in [3.63, 3.8) is 0 Å². The van der Waals surface area contributed by atoms with E-state index < -0.39 is 0 Å². The van der Waals surface area contributed by atoms with Crippen molar-refractivity contribution in [2.75, 3.05) is 7.05 Å². The molecule has 0 amide bonds. The molecule has 0 radical (unpaired) electrons. The van der Waals surface area contributed by atoms with Crippen LogP contribution in [0, 0.1) is 0 Å². The largest absolute Gasteiger partial charge is 0.286 e. The maximum Gasteiger partial charge on any atom is 0.0716 e. The highest BCUT2D eigenvalue weighted by molar-refractivity contribution is 8.17. The molecule has 0 atom stereocenters. The summed E-state index contributed by atoms with van der Waals surface area (Å²) in [5, 5.41) is 1.23. The van der Waals surface area contributed by atoms with Crippen LogP contribution in [0.5, 0.6) is 0 Å². The Morgan fingerprint density at radius 1 is 1.13 bits per heavy atom. The fourth-order valence-corrected chi connectivity index (χ4v) is 2.21. The number of hydrogen-bond acceptors (Lipinski definition) is 2. The second-order valence-electron chi connectivity index (χ2n) is 3.94. The molecule has 0 aliphatic heterocycles. The van der Waals surface area contributed by atoms with E-state index in [1.165, 1.54) is 43.6 Å². The number of unbranched alkanes of at least 4 members (excludes halogenated alkanes) is 5. The van der Waals surface area contributed by atoms with Gasteiger partial charge in [-0.15, -0.1) is 0 Å². The topological polar surface area (TPSA) is 12.4 Å². The molecule has 88 valence electrons. The third-order valence-electron chi connectivity index (χ3n) is 2.29. The SMILES string of the molecule is C=C(C)S/C(CCCCCCCC)=N\C. The van der Waals surface area contributed by atoms with Crippen molar-refractivity contribution in [1.82, 2.24) is 0 Å². The Morgan fingerprint density at radius 2 is 1.73 bits per heavy atom. The van der Waals surface area contributed by atoms with Crippen molar-refractivity contribution in [2.45, 2.75) is 58.8 Å². The fourth-order valence-electron chi connectivity index (χ4n) is 1.47. The van der Waals surface area contributed by atoms with Gasteiger partial charge in [-0.25, -0.2) is 0 Å². The van der Waals surface area contributed by atoms with Crippen LogP contribution in [0.15, 0.2) is 16.5 Å². The standard InChI is InChI=1S/C13H25NS/c1-5-6-7-8-9-10-11-13(14-4)15-12(2)3/h2,5-11H2,1,3-4H3/b14-13-. The smallest absolute Gasteiger partial charge is 0.0716 e. The van der Waals surface area contributed by atoms with Crippen LogP contribution in [-0.2, 0) is 0 Å². The Hall–Kier alpha value is -0.240. The Labute approximate surface area is 99.4 Å². The van der Waals surface area contributed by atoms with E-state index in [1.807, 2.05) is 14.0 Å². The third-order valence-corrected chi connectivity index (χ3v) is 3.26. The highest BCUT2D eigenvalue weighted by atomic mass is 32.2. The average Bonchev–Trinajstić information content (AvgIpc) is 2.20. The lowest BCUT2D eigenvalue weighted by Crippen LogP contribution is -1.92. The predicted molar refractivity (Wildman–Crippen MR) is 73.8 cm³/mol. The molecule has 0 heterocycles. The molecule has 0 rings (SSSR count). The number of thioether (sulfide) groups is 1. The number of rotatable bonds is 8. The second kappa shape index (κ2) is 10.3. The monoisotopic (exact) mass is 227 g/mol. The maximum absolute atomic E-state index is 4.28. The highest BCUT2D eigenvalue weighted by Crippen LogP contribution is 2.19. The van der Waals surface area contributed by atoms with Gasteiger partial charge in [-0.1, -0.05) is 57.4 Å². The molecule has 1 nitrogen and oxygen atoms in total. The molecule has 0 fully saturated rings. The first-order valence-electron chi connectivity index (χ1n) is 5.99. The van der Waals surface area contributed by atoms with Crippen LogP contribution in [0.2, 0.25) is 0 Å². The van der Waals surface area contributed by atoms with E-state index in [4.69, 9.17) is 0 Å². The van der Waals surface area contributed by atoms with Gasteiger partial charge < -0.3 is 0 Å². The van der Waals surface area contributed by atoms with E-state index in [1.54, 1.807) is 11.8 Å². The van der Waals surface area contributed by atoms with Gasteiger partial charge in [0.2, 0.25) is 0 Å². The van der Waals surface area contributed by atoms with Crippen LogP contribution in [0.4, 0.5) is 0 Å². The molecule has 0 bridgehead atoms. The average molecular weight is 227 g/mol. The Balaban J connectivity index is 3.43. The Kier molecular flexibility index (Phi) is 10.1. The Morgan fingerprint density at radius 3 is 2.27 bits per heavy atom. The summed E-state index contributed by atoms with van der Waals surface area (Å²) in [7, 11) is 1.88. The minimum absolute atomic E-state index is 1.13. The molecule has 0 aliphatic rings. The number of aliphatic imine (C=N–C) groups is 1. The van der Waals surface area contributed by atoms with Crippen molar-refractivity contribution in [3.8, 4) is 0 Å². The van der Waals surface area contributed by atoms with E-state index in [-0.39, 0.29) is 0 Å². The molecule has 2 heteroatoms. The summed E-state index contributed by atoms with van der Waals surface area (Å²) in [6, 6.07) is 0. The summed E-state index contributed by atoms with van der Waals surface area (Å²) >= 11 is 1.72. The van der Waals surface area contributed by atoms with Gasteiger partial charge >= 0.3 is 0 Å². The molecular formula is C13H25NS. The molecule has 0 aliphatic carbocycles. The van der Waals surface area contributed by atoms with E-state index in [2.05, 4.69) is 18.5 Å². The predicted octanol–water partition coefficient (Wildman–Crippen LogP) is 5.03. The van der Waals surface area contributed by atoms with Crippen LogP contribution in [0.1, 0.15) is 58.8 Å². The van der Waals surface area contributed by atoms with E-state index in [9.17, 15) is 0 Å². The van der Waals surface area contributed by atoms with Crippen LogP contribution in [-0.4, -0.2) is 12.1 Å². The van der Waals surface area contributed by atoms with Gasteiger partial charge in [0, 0.05) is 7.05 Å². The minimum atomic E-state index is 1.13. The summed E-state index contributed by atoms with van der Waals surface area (Å²) in [5.74, 6) is 0. The molecule has 0 aromatic rings. The molecular weight excluding hydrogens is 202 g/mol. The van der Waals surface area contributed by atoms with E-state index in [0.29, 0.717) is 0 Å². The van der Waals surface area contributed by atoms with Gasteiger partial charge in [-0.3, -0.25) is 4.99 Å². The summed E-state index contributed by atoms with van der Waals surface area (Å²) in [5.41, 5.74) is 0. The Bertz CT molecular complexity index is 197. The lowest BCUT2D eigenvalue weighted by molar-refractivity contribution is 0.616. The van der Waals surface area contributed by atoms with Crippen molar-refractivity contribution in [2.24, 2.45) is 4.99 Å². The van der Waals surface area contributed by atoms with Gasteiger partial charge in [0.05, 0.1) is 5.04 Å². The lowest BCUT2D eigenvalue weighted by Gasteiger charge is -2.04. The zero-order chi connectivity index (χ0) is 11.5. The van der Waals surface area contributed by atoms with Crippen LogP contribution in [0.25, 0.3) is 0 Å². The molecule has 15 heavy (non-hydrogen) atoms. The van der Waals surface area contributed by atoms with Crippen molar-refractivity contribution in [1.29, 1.82) is 0 Å². The molecule has 0 aromatic heterocycles. The quantitative estimate of drug-likeness (QED) is 0.322. The minimum Gasteiger partial charge on any atom is -0.286 e. The second-order valence-corrected chi connectivity index (χ2v) is 5.31. The van der Waals surface area contributed by atoms with Gasteiger partial charge in [0.25, 0.3) is 0 Å². The van der Waals surface area contributed by atoms with E-state index >= 15 is 0 Å². The van der Waals surface area contributed by atoms with Crippen LogP contribution >= 0.6 is 11.8 Å². The maximum atomic E-state index is 4.28. The number of hydrogen-bond donors (Lipinski definition) is 0. The summed E-state index contributed by atoms with van der Waals surface area (Å²) < 4.78 is 0. The summed E-state index contributed by atoms with van der Waals surface area (Å²) in [6.07, 6.45) is 9.22. The zero-order valence-electron chi connectivity index (χ0n) is 10.5. The molecule has 0 saturated carbocycles. The van der Waals surface area contributed by atoms with Crippen molar-refractivity contribution in [3.05, 3.63) is 11.5 Å². The third kappa shape index (κ3) is 10.1. The van der Waals surface area contributed by atoms with Gasteiger partial charge in [0.15, 0.2) is 0 Å². The normalized spacial score (nSPS) is 11.8. The molecule has 0 N–H and O–H groups in total. The number of allylic oxidation sites excluding steroid dienone is 1. The van der Waals surface area contributed by atoms with Gasteiger partial charge in [-0.05, 0) is 24.7 Å². The molecule has 0 unspecified atom stereocenters. The van der Waals surface area contributed by atoms with E-state index in [0.717, 1.165) is 11.3 Å². The first-order valence-corrected chi connectivity index (χ1v) is 6.81. The molecule has 0 saturated heterocycles. The van der Waals surface area contributed by atoms with Crippen LogP contribution in [0.3, 0.4) is 0 Å². The van der Waals surface area contributed by atoms with Gasteiger partial charge in [-0.2, -0.15) is 0 Å². The summed E-state index contributed by atoms with van der Waals surface area (Å²) in [4.78, 5) is 5.42. The first-order chi connectivity index (χ1) is 7.20. The number of nitrogens with zero attached hydrogens (tertiary/aromatic N) is 1. The fraction of sp³-hybridized carbons (Fsp3) is 0.769. The molecule has 0 aromatic carbocycles. The van der Waals surface area contributed by atoms with Crippen molar-refractivity contribution >= 4 is 16.8 Å². The summed E-state index contributed by atoms with van der Waals surface area (Å²) in [6.45, 7) is 8.19. The van der Waals surface area contributed by atoms with Gasteiger partial charge in [0.1, 0.15) is 0 Å².